The van der Waals surface area contributed by atoms with Crippen molar-refractivity contribution in [2.24, 2.45) is 0 Å². The molecule has 0 aromatic carbocycles. The molecule has 0 amide bonds. The Hall–Kier alpha value is -1.12. The summed E-state index contributed by atoms with van der Waals surface area (Å²) in [5.74, 6) is 1.60. The van der Waals surface area contributed by atoms with Gasteiger partial charge < -0.3 is 4.74 Å². The number of ether oxygens (including phenoxy) is 1. The van der Waals surface area contributed by atoms with Crippen molar-refractivity contribution in [3.63, 3.8) is 0 Å². The van der Waals surface area contributed by atoms with E-state index in [9.17, 15) is 0 Å². The summed E-state index contributed by atoms with van der Waals surface area (Å²) in [4.78, 5) is 8.54. The minimum Gasteiger partial charge on any atom is -0.477 e. The summed E-state index contributed by atoms with van der Waals surface area (Å²) in [7, 11) is 0. The van der Waals surface area contributed by atoms with E-state index in [1.165, 1.54) is 5.56 Å². The van der Waals surface area contributed by atoms with Gasteiger partial charge in [-0.15, -0.1) is 0 Å². The fourth-order valence-corrected chi connectivity index (χ4v) is 1.53. The first-order valence-electron chi connectivity index (χ1n) is 4.24. The highest BCUT2D eigenvalue weighted by atomic mass is 16.5. The zero-order valence-corrected chi connectivity index (χ0v) is 7.42. The zero-order valence-electron chi connectivity index (χ0n) is 7.42. The Labute approximate surface area is 71.8 Å². The summed E-state index contributed by atoms with van der Waals surface area (Å²) >= 11 is 0. The minimum absolute atomic E-state index is 0.795. The number of hydrogen-bond donors (Lipinski definition) is 0. The molecule has 0 aliphatic carbocycles. The Morgan fingerprint density at radius 3 is 2.92 bits per heavy atom. The van der Waals surface area contributed by atoms with Crippen LogP contribution in [0.3, 0.4) is 0 Å². The third-order valence-electron chi connectivity index (χ3n) is 2.10. The first-order valence-corrected chi connectivity index (χ1v) is 4.24. The van der Waals surface area contributed by atoms with Crippen molar-refractivity contribution < 1.29 is 4.74 Å². The Balaban J connectivity index is 2.53. The van der Waals surface area contributed by atoms with Crippen LogP contribution in [-0.4, -0.2) is 16.6 Å². The van der Waals surface area contributed by atoms with Crippen LogP contribution in [0.1, 0.15) is 23.5 Å². The topological polar surface area (TPSA) is 35.0 Å². The smallest absolute Gasteiger partial charge is 0.220 e. The number of aryl methyl sites for hydroxylation is 2. The van der Waals surface area contributed by atoms with E-state index >= 15 is 0 Å². The Morgan fingerprint density at radius 2 is 2.08 bits per heavy atom. The van der Waals surface area contributed by atoms with Gasteiger partial charge in [0, 0.05) is 11.3 Å². The molecule has 64 valence electrons. The van der Waals surface area contributed by atoms with Gasteiger partial charge in [-0.2, -0.15) is 4.98 Å². The van der Waals surface area contributed by atoms with E-state index in [-0.39, 0.29) is 0 Å². The maximum Gasteiger partial charge on any atom is 0.220 e. The van der Waals surface area contributed by atoms with E-state index in [4.69, 9.17) is 4.74 Å². The fraction of sp³-hybridized carbons (Fsp3) is 0.556. The molecule has 0 spiro atoms. The average molecular weight is 164 g/mol. The molecule has 0 radical (unpaired) electrons. The van der Waals surface area contributed by atoms with Crippen molar-refractivity contribution >= 4 is 0 Å². The van der Waals surface area contributed by atoms with E-state index in [0.29, 0.717) is 0 Å². The number of rotatable bonds is 0. The van der Waals surface area contributed by atoms with Crippen LogP contribution in [-0.2, 0) is 6.42 Å². The molecule has 0 unspecified atom stereocenters. The van der Waals surface area contributed by atoms with Gasteiger partial charge >= 0.3 is 0 Å². The summed E-state index contributed by atoms with van der Waals surface area (Å²) in [6.45, 7) is 4.70. The molecule has 1 aliphatic rings. The van der Waals surface area contributed by atoms with Crippen molar-refractivity contribution in [1.82, 2.24) is 9.97 Å². The Morgan fingerprint density at radius 1 is 1.25 bits per heavy atom. The van der Waals surface area contributed by atoms with Gasteiger partial charge in [0.15, 0.2) is 0 Å². The van der Waals surface area contributed by atoms with Crippen LogP contribution in [0.2, 0.25) is 0 Å². The van der Waals surface area contributed by atoms with Crippen LogP contribution in [0, 0.1) is 13.8 Å². The molecule has 12 heavy (non-hydrogen) atoms. The molecule has 3 nitrogen and oxygen atoms in total. The highest BCUT2D eigenvalue weighted by Crippen LogP contribution is 2.23. The lowest BCUT2D eigenvalue weighted by molar-refractivity contribution is 0.273. The summed E-state index contributed by atoms with van der Waals surface area (Å²) < 4.78 is 5.43. The quantitative estimate of drug-likeness (QED) is 0.581. The number of fused-ring (bicyclic) bond motifs is 1. The summed E-state index contributed by atoms with van der Waals surface area (Å²) in [5, 5.41) is 0. The predicted octanol–water partition coefficient (Wildman–Crippen LogP) is 1.42. The van der Waals surface area contributed by atoms with Crippen molar-refractivity contribution in [3.8, 4) is 5.88 Å². The van der Waals surface area contributed by atoms with Crippen molar-refractivity contribution in [3.05, 3.63) is 17.1 Å². The Kier molecular flexibility index (Phi) is 1.71. The maximum absolute atomic E-state index is 5.43. The van der Waals surface area contributed by atoms with Gasteiger partial charge in [0.1, 0.15) is 5.82 Å². The van der Waals surface area contributed by atoms with Crippen LogP contribution in [0.25, 0.3) is 0 Å². The number of nitrogens with zero attached hydrogens (tertiary/aromatic N) is 2. The average Bonchev–Trinajstić information content (AvgIpc) is 2.04. The molecule has 0 saturated heterocycles. The SMILES string of the molecule is Cc1nc(C)c2c(n1)OCCC2. The monoisotopic (exact) mass is 164 g/mol. The summed E-state index contributed by atoms with van der Waals surface area (Å²) in [5.41, 5.74) is 2.25. The van der Waals surface area contributed by atoms with Crippen LogP contribution >= 0.6 is 0 Å². The lowest BCUT2D eigenvalue weighted by Gasteiger charge is -2.17. The molecule has 0 atom stereocenters. The second-order valence-electron chi connectivity index (χ2n) is 3.09. The molecule has 0 fully saturated rings. The molecule has 2 rings (SSSR count). The molecule has 0 N–H and O–H groups in total. The van der Waals surface area contributed by atoms with Crippen molar-refractivity contribution in [1.29, 1.82) is 0 Å². The highest BCUT2D eigenvalue weighted by Gasteiger charge is 2.14. The van der Waals surface area contributed by atoms with Gasteiger partial charge in [0.2, 0.25) is 5.88 Å². The largest absolute Gasteiger partial charge is 0.477 e. The second-order valence-corrected chi connectivity index (χ2v) is 3.09. The fourth-order valence-electron chi connectivity index (χ4n) is 1.53. The van der Waals surface area contributed by atoms with Gasteiger partial charge in [-0.25, -0.2) is 4.98 Å². The summed E-state index contributed by atoms with van der Waals surface area (Å²) in [6.07, 6.45) is 2.14. The standard InChI is InChI=1S/C9H12N2O/c1-6-8-4-3-5-12-9(8)11-7(2)10-6/h3-5H2,1-2H3. The lowest BCUT2D eigenvalue weighted by atomic mass is 10.1. The van der Waals surface area contributed by atoms with Crippen LogP contribution < -0.4 is 4.74 Å². The third-order valence-corrected chi connectivity index (χ3v) is 2.10. The van der Waals surface area contributed by atoms with E-state index < -0.39 is 0 Å². The molecule has 1 aromatic rings. The molecule has 1 aliphatic heterocycles. The predicted molar refractivity (Wildman–Crippen MR) is 45.3 cm³/mol. The second kappa shape index (κ2) is 2.73. The number of hydrogen-bond acceptors (Lipinski definition) is 3. The first-order chi connectivity index (χ1) is 5.77. The van der Waals surface area contributed by atoms with Crippen molar-refractivity contribution in [2.75, 3.05) is 6.61 Å². The van der Waals surface area contributed by atoms with E-state index in [2.05, 4.69) is 9.97 Å². The van der Waals surface area contributed by atoms with Crippen molar-refractivity contribution in [2.45, 2.75) is 26.7 Å². The van der Waals surface area contributed by atoms with Crippen LogP contribution in [0.15, 0.2) is 0 Å². The molecule has 3 heteroatoms. The molecular weight excluding hydrogens is 152 g/mol. The molecule has 1 aromatic heterocycles. The number of aromatic nitrogens is 2. The summed E-state index contributed by atoms with van der Waals surface area (Å²) in [6, 6.07) is 0. The molecule has 0 bridgehead atoms. The maximum atomic E-state index is 5.43. The van der Waals surface area contributed by atoms with Gasteiger partial charge in [-0.1, -0.05) is 0 Å². The van der Waals surface area contributed by atoms with Crippen LogP contribution in [0.4, 0.5) is 0 Å². The van der Waals surface area contributed by atoms with E-state index in [1.807, 2.05) is 13.8 Å². The van der Waals surface area contributed by atoms with E-state index in [1.54, 1.807) is 0 Å². The van der Waals surface area contributed by atoms with Gasteiger partial charge in [0.25, 0.3) is 0 Å². The Bertz CT molecular complexity index is 310. The molecule has 2 heterocycles. The first kappa shape index (κ1) is 7.53. The van der Waals surface area contributed by atoms with Gasteiger partial charge in [0.05, 0.1) is 6.61 Å². The lowest BCUT2D eigenvalue weighted by Crippen LogP contribution is -2.13. The highest BCUT2D eigenvalue weighted by molar-refractivity contribution is 5.31. The van der Waals surface area contributed by atoms with Crippen LogP contribution in [0.5, 0.6) is 5.88 Å². The molecular formula is C9H12N2O. The van der Waals surface area contributed by atoms with E-state index in [0.717, 1.165) is 36.8 Å². The minimum atomic E-state index is 0.795. The molecule has 0 saturated carbocycles. The van der Waals surface area contributed by atoms with Gasteiger partial charge in [-0.3, -0.25) is 0 Å². The third kappa shape index (κ3) is 1.15. The zero-order chi connectivity index (χ0) is 8.55. The normalized spacial score (nSPS) is 15.2. The van der Waals surface area contributed by atoms with Gasteiger partial charge in [-0.05, 0) is 26.7 Å².